The van der Waals surface area contributed by atoms with E-state index >= 15 is 0 Å². The van der Waals surface area contributed by atoms with Crippen LogP contribution in [0.1, 0.15) is 45.7 Å². The van der Waals surface area contributed by atoms with Gasteiger partial charge in [-0.2, -0.15) is 0 Å². The van der Waals surface area contributed by atoms with E-state index in [0.29, 0.717) is 0 Å². The number of anilines is 1. The third-order valence-corrected chi connectivity index (χ3v) is 3.92. The molecule has 0 amide bonds. The molecule has 1 unspecified atom stereocenters. The minimum absolute atomic E-state index is 0.00890. The number of nitrogens with one attached hydrogen (secondary N) is 1. The van der Waals surface area contributed by atoms with E-state index in [2.05, 4.69) is 31.0 Å². The van der Waals surface area contributed by atoms with E-state index < -0.39 is 0 Å². The fourth-order valence-electron chi connectivity index (χ4n) is 3.07. The SMILES string of the molecule is CCCNC(C)c1c(F)cccc1N1C[C@@H](C)O[C@@H](C)C1. The quantitative estimate of drug-likeness (QED) is 0.899. The molecular formula is C17H27FN2O. The molecule has 1 fully saturated rings. The Kier molecular flexibility index (Phi) is 5.59. The highest BCUT2D eigenvalue weighted by Crippen LogP contribution is 2.31. The van der Waals surface area contributed by atoms with Crippen LogP contribution in [0, 0.1) is 5.82 Å². The van der Waals surface area contributed by atoms with Crippen LogP contribution >= 0.6 is 0 Å². The first-order valence-electron chi connectivity index (χ1n) is 7.95. The molecule has 1 N–H and O–H groups in total. The van der Waals surface area contributed by atoms with E-state index in [4.69, 9.17) is 4.74 Å². The zero-order chi connectivity index (χ0) is 15.4. The highest BCUT2D eigenvalue weighted by molar-refractivity contribution is 5.56. The van der Waals surface area contributed by atoms with Crippen molar-refractivity contribution in [1.29, 1.82) is 0 Å². The molecule has 1 heterocycles. The zero-order valence-corrected chi connectivity index (χ0v) is 13.5. The zero-order valence-electron chi connectivity index (χ0n) is 13.5. The first-order valence-corrected chi connectivity index (χ1v) is 7.95. The lowest BCUT2D eigenvalue weighted by atomic mass is 10.0. The third kappa shape index (κ3) is 3.95. The van der Waals surface area contributed by atoms with Gasteiger partial charge in [-0.3, -0.25) is 0 Å². The first kappa shape index (κ1) is 16.2. The molecule has 1 aliphatic heterocycles. The van der Waals surface area contributed by atoms with Crippen molar-refractivity contribution in [3.63, 3.8) is 0 Å². The molecule has 0 bridgehead atoms. The second-order valence-corrected chi connectivity index (χ2v) is 6.01. The van der Waals surface area contributed by atoms with Gasteiger partial charge < -0.3 is 15.0 Å². The van der Waals surface area contributed by atoms with Crippen LogP contribution in [-0.4, -0.2) is 31.8 Å². The Balaban J connectivity index is 2.28. The summed E-state index contributed by atoms with van der Waals surface area (Å²) in [5.41, 5.74) is 1.76. The van der Waals surface area contributed by atoms with Crippen molar-refractivity contribution < 1.29 is 9.13 Å². The van der Waals surface area contributed by atoms with Gasteiger partial charge in [-0.1, -0.05) is 13.0 Å². The Hall–Kier alpha value is -1.13. The summed E-state index contributed by atoms with van der Waals surface area (Å²) in [6, 6.07) is 5.38. The van der Waals surface area contributed by atoms with E-state index in [1.807, 2.05) is 13.0 Å². The predicted molar refractivity (Wildman–Crippen MR) is 85.3 cm³/mol. The number of nitrogens with zero attached hydrogens (tertiary/aromatic N) is 1. The molecule has 0 radical (unpaired) electrons. The molecule has 118 valence electrons. The largest absolute Gasteiger partial charge is 0.372 e. The summed E-state index contributed by atoms with van der Waals surface area (Å²) in [5.74, 6) is -0.129. The molecule has 1 aromatic rings. The molecular weight excluding hydrogens is 267 g/mol. The maximum absolute atomic E-state index is 14.4. The van der Waals surface area contributed by atoms with Gasteiger partial charge in [0, 0.05) is 30.4 Å². The number of benzene rings is 1. The van der Waals surface area contributed by atoms with Gasteiger partial charge in [-0.25, -0.2) is 4.39 Å². The predicted octanol–water partition coefficient (Wildman–Crippen LogP) is 3.50. The molecule has 0 aromatic heterocycles. The summed E-state index contributed by atoms with van der Waals surface area (Å²) in [5, 5.41) is 3.39. The summed E-state index contributed by atoms with van der Waals surface area (Å²) in [6.45, 7) is 10.8. The molecule has 3 nitrogen and oxygen atoms in total. The van der Waals surface area contributed by atoms with Gasteiger partial charge in [0.2, 0.25) is 0 Å². The van der Waals surface area contributed by atoms with Gasteiger partial charge in [0.1, 0.15) is 5.82 Å². The molecule has 0 spiro atoms. The molecule has 3 atom stereocenters. The number of hydrogen-bond donors (Lipinski definition) is 1. The highest BCUT2D eigenvalue weighted by Gasteiger charge is 2.26. The lowest BCUT2D eigenvalue weighted by molar-refractivity contribution is -0.00530. The Morgan fingerprint density at radius 1 is 1.33 bits per heavy atom. The number of halogens is 1. The number of hydrogen-bond acceptors (Lipinski definition) is 3. The van der Waals surface area contributed by atoms with Crippen LogP contribution in [-0.2, 0) is 4.74 Å². The van der Waals surface area contributed by atoms with Crippen molar-refractivity contribution in [3.05, 3.63) is 29.6 Å². The molecule has 0 saturated carbocycles. The Morgan fingerprint density at radius 2 is 2.00 bits per heavy atom. The minimum atomic E-state index is -0.129. The van der Waals surface area contributed by atoms with Crippen molar-refractivity contribution in [2.24, 2.45) is 0 Å². The average molecular weight is 294 g/mol. The second-order valence-electron chi connectivity index (χ2n) is 6.01. The van der Waals surface area contributed by atoms with Crippen LogP contribution in [0.3, 0.4) is 0 Å². The standard InChI is InChI=1S/C17H27FN2O/c1-5-9-19-14(4)17-15(18)7-6-8-16(17)20-10-12(2)21-13(3)11-20/h6-8,12-14,19H,5,9-11H2,1-4H3/t12-,13+,14?. The van der Waals surface area contributed by atoms with Crippen molar-refractivity contribution in [2.45, 2.75) is 52.4 Å². The summed E-state index contributed by atoms with van der Waals surface area (Å²) in [6.07, 6.45) is 1.38. The monoisotopic (exact) mass is 294 g/mol. The van der Waals surface area contributed by atoms with Crippen molar-refractivity contribution in [2.75, 3.05) is 24.5 Å². The van der Waals surface area contributed by atoms with Crippen LogP contribution in [0.4, 0.5) is 10.1 Å². The van der Waals surface area contributed by atoms with E-state index in [9.17, 15) is 4.39 Å². The fourth-order valence-corrected chi connectivity index (χ4v) is 3.07. The summed E-state index contributed by atoms with van der Waals surface area (Å²) in [4.78, 5) is 2.25. The Labute approximate surface area is 127 Å². The van der Waals surface area contributed by atoms with Gasteiger partial charge in [-0.05, 0) is 45.9 Å². The lowest BCUT2D eigenvalue weighted by Crippen LogP contribution is -2.46. The Bertz CT molecular complexity index is 456. The Morgan fingerprint density at radius 3 is 2.62 bits per heavy atom. The minimum Gasteiger partial charge on any atom is -0.372 e. The fraction of sp³-hybridized carbons (Fsp3) is 0.647. The van der Waals surface area contributed by atoms with Gasteiger partial charge in [0.15, 0.2) is 0 Å². The normalized spacial score (nSPS) is 24.1. The highest BCUT2D eigenvalue weighted by atomic mass is 19.1. The van der Waals surface area contributed by atoms with Gasteiger partial charge in [0.05, 0.1) is 12.2 Å². The topological polar surface area (TPSA) is 24.5 Å². The van der Waals surface area contributed by atoms with E-state index in [-0.39, 0.29) is 24.1 Å². The van der Waals surface area contributed by atoms with Crippen LogP contribution in [0.5, 0.6) is 0 Å². The van der Waals surface area contributed by atoms with Crippen molar-refractivity contribution in [3.8, 4) is 0 Å². The molecule has 1 aliphatic rings. The number of ether oxygens (including phenoxy) is 1. The molecule has 2 rings (SSSR count). The third-order valence-electron chi connectivity index (χ3n) is 3.92. The van der Waals surface area contributed by atoms with E-state index in [0.717, 1.165) is 37.3 Å². The van der Waals surface area contributed by atoms with Crippen LogP contribution in [0.2, 0.25) is 0 Å². The molecule has 1 aromatic carbocycles. The lowest BCUT2D eigenvalue weighted by Gasteiger charge is -2.38. The van der Waals surface area contributed by atoms with Crippen LogP contribution in [0.25, 0.3) is 0 Å². The molecule has 1 saturated heterocycles. The summed E-state index contributed by atoms with van der Waals surface area (Å²) in [7, 11) is 0. The van der Waals surface area contributed by atoms with Crippen molar-refractivity contribution in [1.82, 2.24) is 5.32 Å². The number of morpholine rings is 1. The van der Waals surface area contributed by atoms with E-state index in [1.165, 1.54) is 0 Å². The summed E-state index contributed by atoms with van der Waals surface area (Å²) < 4.78 is 20.2. The van der Waals surface area contributed by atoms with Gasteiger partial charge in [0.25, 0.3) is 0 Å². The van der Waals surface area contributed by atoms with E-state index in [1.54, 1.807) is 12.1 Å². The maximum atomic E-state index is 14.4. The second kappa shape index (κ2) is 7.23. The smallest absolute Gasteiger partial charge is 0.130 e. The van der Waals surface area contributed by atoms with Gasteiger partial charge in [-0.15, -0.1) is 0 Å². The summed E-state index contributed by atoms with van der Waals surface area (Å²) >= 11 is 0. The van der Waals surface area contributed by atoms with Crippen LogP contribution in [0.15, 0.2) is 18.2 Å². The number of rotatable bonds is 5. The van der Waals surface area contributed by atoms with Gasteiger partial charge >= 0.3 is 0 Å². The average Bonchev–Trinajstić information content (AvgIpc) is 2.43. The molecule has 4 heteroatoms. The van der Waals surface area contributed by atoms with Crippen molar-refractivity contribution >= 4 is 5.69 Å². The molecule has 21 heavy (non-hydrogen) atoms. The van der Waals surface area contributed by atoms with Crippen LogP contribution < -0.4 is 10.2 Å². The first-order chi connectivity index (χ1) is 10.0. The maximum Gasteiger partial charge on any atom is 0.130 e. The molecule has 0 aliphatic carbocycles.